The third kappa shape index (κ3) is 4.52. The molecule has 1 N–H and O–H groups in total. The van der Waals surface area contributed by atoms with Crippen molar-refractivity contribution in [3.8, 4) is 0 Å². The van der Waals surface area contributed by atoms with E-state index in [1.54, 1.807) is 7.05 Å². The number of nitrogens with zero attached hydrogens (tertiary/aromatic N) is 1. The van der Waals surface area contributed by atoms with E-state index in [9.17, 15) is 9.59 Å². The Morgan fingerprint density at radius 1 is 1.11 bits per heavy atom. The summed E-state index contributed by atoms with van der Waals surface area (Å²) in [5.74, 6) is 0.0123. The first-order valence-corrected chi connectivity index (χ1v) is 9.40. The molecular formula is C24H24N2O2. The lowest BCUT2D eigenvalue weighted by molar-refractivity contribution is 0.0962. The first-order valence-electron chi connectivity index (χ1n) is 9.40. The number of amides is 1. The number of pyridine rings is 1. The minimum absolute atomic E-state index is 0.0865. The molecule has 0 aliphatic heterocycles. The fourth-order valence-corrected chi connectivity index (χ4v) is 3.50. The lowest BCUT2D eigenvalue weighted by Crippen LogP contribution is -2.17. The van der Waals surface area contributed by atoms with E-state index in [1.165, 1.54) is 0 Å². The molecule has 3 aromatic rings. The van der Waals surface area contributed by atoms with Crippen LogP contribution in [0.4, 0.5) is 0 Å². The Balaban J connectivity index is 1.87. The Kier molecular flexibility index (Phi) is 6.33. The van der Waals surface area contributed by atoms with E-state index in [-0.39, 0.29) is 11.8 Å². The van der Waals surface area contributed by atoms with Crippen molar-refractivity contribution >= 4 is 12.2 Å². The Hall–Kier alpha value is -3.27. The van der Waals surface area contributed by atoms with Gasteiger partial charge in [0.15, 0.2) is 0 Å². The summed E-state index contributed by atoms with van der Waals surface area (Å²) < 4.78 is 0. The molecule has 1 atom stereocenters. The van der Waals surface area contributed by atoms with Gasteiger partial charge in [0.2, 0.25) is 0 Å². The van der Waals surface area contributed by atoms with Crippen molar-refractivity contribution in [1.29, 1.82) is 0 Å². The largest absolute Gasteiger partial charge is 0.355 e. The molecule has 0 spiro atoms. The number of rotatable bonds is 7. The maximum atomic E-state index is 11.7. The van der Waals surface area contributed by atoms with Crippen molar-refractivity contribution in [3.05, 3.63) is 100 Å². The zero-order valence-corrected chi connectivity index (χ0v) is 16.2. The van der Waals surface area contributed by atoms with Crippen molar-refractivity contribution in [2.75, 3.05) is 7.05 Å². The Morgan fingerprint density at radius 2 is 1.86 bits per heavy atom. The molecular weight excluding hydrogens is 348 g/mol. The minimum atomic E-state index is -0.0865. The molecule has 1 aromatic heterocycles. The first-order chi connectivity index (χ1) is 13.6. The molecule has 1 amide bonds. The van der Waals surface area contributed by atoms with Gasteiger partial charge in [0.25, 0.3) is 5.91 Å². The summed E-state index contributed by atoms with van der Waals surface area (Å²) in [7, 11) is 1.63. The third-order valence-electron chi connectivity index (χ3n) is 4.99. The molecule has 1 heterocycles. The summed E-state index contributed by atoms with van der Waals surface area (Å²) in [6, 6.07) is 19.5. The summed E-state index contributed by atoms with van der Waals surface area (Å²) in [4.78, 5) is 27.6. The van der Waals surface area contributed by atoms with Gasteiger partial charge in [-0.3, -0.25) is 14.6 Å². The predicted molar refractivity (Wildman–Crippen MR) is 111 cm³/mol. The van der Waals surface area contributed by atoms with Crippen LogP contribution >= 0.6 is 0 Å². The van der Waals surface area contributed by atoms with Crippen LogP contribution in [-0.4, -0.2) is 24.2 Å². The molecule has 0 aliphatic carbocycles. The predicted octanol–water partition coefficient (Wildman–Crippen LogP) is 4.33. The van der Waals surface area contributed by atoms with Crippen LogP contribution in [0.3, 0.4) is 0 Å². The van der Waals surface area contributed by atoms with E-state index in [2.05, 4.69) is 16.4 Å². The number of aldehydes is 1. The van der Waals surface area contributed by atoms with Crippen molar-refractivity contribution in [2.45, 2.75) is 25.7 Å². The first kappa shape index (κ1) is 19.5. The molecule has 2 aromatic carbocycles. The van der Waals surface area contributed by atoms with Crippen LogP contribution in [0.1, 0.15) is 55.4 Å². The van der Waals surface area contributed by atoms with E-state index in [4.69, 9.17) is 0 Å². The Bertz CT molecular complexity index is 964. The second-order valence-electron chi connectivity index (χ2n) is 6.84. The SMILES string of the molecule is CNC(=O)c1ccc(CC[C@H](c2ccnc(C)c2)c2ccccc2C=O)cc1. The van der Waals surface area contributed by atoms with Gasteiger partial charge in [-0.25, -0.2) is 0 Å². The average Bonchev–Trinajstić information content (AvgIpc) is 2.74. The molecule has 0 unspecified atom stereocenters. The Labute approximate surface area is 165 Å². The quantitative estimate of drug-likeness (QED) is 0.628. The summed E-state index contributed by atoms with van der Waals surface area (Å²) in [5.41, 5.74) is 5.68. The molecule has 0 bridgehead atoms. The molecule has 0 fully saturated rings. The average molecular weight is 372 g/mol. The number of benzene rings is 2. The van der Waals surface area contributed by atoms with Crippen molar-refractivity contribution in [1.82, 2.24) is 10.3 Å². The summed E-state index contributed by atoms with van der Waals surface area (Å²) in [6.07, 6.45) is 4.44. The van der Waals surface area contributed by atoms with Gasteiger partial charge in [-0.05, 0) is 60.7 Å². The lowest BCUT2D eigenvalue weighted by Gasteiger charge is -2.20. The number of hydrogen-bond acceptors (Lipinski definition) is 3. The molecule has 4 heteroatoms. The minimum Gasteiger partial charge on any atom is -0.355 e. The van der Waals surface area contributed by atoms with E-state index in [0.29, 0.717) is 5.56 Å². The van der Waals surface area contributed by atoms with Crippen LogP contribution in [-0.2, 0) is 6.42 Å². The van der Waals surface area contributed by atoms with E-state index >= 15 is 0 Å². The van der Waals surface area contributed by atoms with Gasteiger partial charge in [-0.1, -0.05) is 36.4 Å². The molecule has 142 valence electrons. The van der Waals surface area contributed by atoms with Gasteiger partial charge in [-0.15, -0.1) is 0 Å². The number of hydrogen-bond donors (Lipinski definition) is 1. The van der Waals surface area contributed by atoms with Crippen LogP contribution in [0.2, 0.25) is 0 Å². The highest BCUT2D eigenvalue weighted by Crippen LogP contribution is 2.31. The highest BCUT2D eigenvalue weighted by Gasteiger charge is 2.18. The molecule has 3 rings (SSSR count). The van der Waals surface area contributed by atoms with Crippen molar-refractivity contribution in [2.24, 2.45) is 0 Å². The van der Waals surface area contributed by atoms with E-state index in [1.807, 2.05) is 67.7 Å². The van der Waals surface area contributed by atoms with E-state index < -0.39 is 0 Å². The summed E-state index contributed by atoms with van der Waals surface area (Å²) >= 11 is 0. The summed E-state index contributed by atoms with van der Waals surface area (Å²) in [6.45, 7) is 1.98. The molecule has 0 saturated heterocycles. The monoisotopic (exact) mass is 372 g/mol. The van der Waals surface area contributed by atoms with E-state index in [0.717, 1.165) is 47.1 Å². The van der Waals surface area contributed by atoms with Gasteiger partial charge in [0.05, 0.1) is 0 Å². The van der Waals surface area contributed by atoms with Crippen LogP contribution in [0, 0.1) is 6.92 Å². The molecule has 4 nitrogen and oxygen atoms in total. The highest BCUT2D eigenvalue weighted by atomic mass is 16.1. The summed E-state index contributed by atoms with van der Waals surface area (Å²) in [5, 5.41) is 2.63. The van der Waals surface area contributed by atoms with Gasteiger partial charge in [0, 0.05) is 36.0 Å². The number of carbonyl (C=O) groups excluding carboxylic acids is 2. The fourth-order valence-electron chi connectivity index (χ4n) is 3.50. The smallest absolute Gasteiger partial charge is 0.251 e. The molecule has 28 heavy (non-hydrogen) atoms. The van der Waals surface area contributed by atoms with Crippen molar-refractivity contribution < 1.29 is 9.59 Å². The number of aryl methyl sites for hydroxylation is 2. The van der Waals surface area contributed by atoms with Gasteiger partial charge >= 0.3 is 0 Å². The van der Waals surface area contributed by atoms with Crippen LogP contribution in [0.15, 0.2) is 66.9 Å². The zero-order valence-electron chi connectivity index (χ0n) is 16.2. The Morgan fingerprint density at radius 3 is 2.54 bits per heavy atom. The number of nitrogens with one attached hydrogen (secondary N) is 1. The van der Waals surface area contributed by atoms with Gasteiger partial charge in [-0.2, -0.15) is 0 Å². The highest BCUT2D eigenvalue weighted by molar-refractivity contribution is 5.93. The third-order valence-corrected chi connectivity index (χ3v) is 4.99. The van der Waals surface area contributed by atoms with Crippen LogP contribution in [0.5, 0.6) is 0 Å². The molecule has 0 aliphatic rings. The zero-order chi connectivity index (χ0) is 19.9. The van der Waals surface area contributed by atoms with Gasteiger partial charge in [0.1, 0.15) is 6.29 Å². The van der Waals surface area contributed by atoms with Crippen LogP contribution < -0.4 is 5.32 Å². The standard InChI is InChI=1S/C24H24N2O2/c1-17-15-20(13-14-26-17)23(22-6-4-3-5-21(22)16-27)12-9-18-7-10-19(11-8-18)24(28)25-2/h3-8,10-11,13-16,23H,9,12H2,1-2H3,(H,25,28)/t23-/m1/s1. The lowest BCUT2D eigenvalue weighted by atomic mass is 9.84. The second-order valence-corrected chi connectivity index (χ2v) is 6.84. The normalized spacial score (nSPS) is 11.6. The van der Waals surface area contributed by atoms with Crippen molar-refractivity contribution in [3.63, 3.8) is 0 Å². The number of carbonyl (C=O) groups is 2. The topological polar surface area (TPSA) is 59.1 Å². The molecule has 0 radical (unpaired) electrons. The maximum absolute atomic E-state index is 11.7. The molecule has 0 saturated carbocycles. The fraction of sp³-hybridized carbons (Fsp3) is 0.208. The second kappa shape index (κ2) is 9.09. The van der Waals surface area contributed by atoms with Gasteiger partial charge < -0.3 is 5.32 Å². The number of aromatic nitrogens is 1. The van der Waals surface area contributed by atoms with Crippen LogP contribution in [0.25, 0.3) is 0 Å². The maximum Gasteiger partial charge on any atom is 0.251 e.